The summed E-state index contributed by atoms with van der Waals surface area (Å²) >= 11 is 0. The molecular formula is C23H28N2O3. The summed E-state index contributed by atoms with van der Waals surface area (Å²) in [7, 11) is 0. The van der Waals surface area contributed by atoms with Crippen LogP contribution in [0.25, 0.3) is 0 Å². The third-order valence-electron chi connectivity index (χ3n) is 5.80. The summed E-state index contributed by atoms with van der Waals surface area (Å²) in [6.45, 7) is 3.72. The summed E-state index contributed by atoms with van der Waals surface area (Å²) in [4.78, 5) is 16.3. The first-order valence-electron chi connectivity index (χ1n) is 10.1. The topological polar surface area (TPSA) is 53.0 Å². The standard InChI is InChI=1S/C23H28N2O3/c26-22(16-24-12-10-19-8-4-5-9-20(19)14-24)17-28-23(27)25-13-11-21(15-25)18-6-2-1-3-7-18/h1-9,21-22,26H,10-17H2/t21-,22+/m0/s1. The number of rotatable bonds is 5. The van der Waals surface area contributed by atoms with Crippen LogP contribution in [-0.2, 0) is 17.7 Å². The monoisotopic (exact) mass is 380 g/mol. The largest absolute Gasteiger partial charge is 0.447 e. The number of aliphatic hydroxyl groups excluding tert-OH is 1. The molecule has 1 amide bonds. The van der Waals surface area contributed by atoms with E-state index >= 15 is 0 Å². The van der Waals surface area contributed by atoms with Crippen molar-refractivity contribution in [3.63, 3.8) is 0 Å². The van der Waals surface area contributed by atoms with Gasteiger partial charge in [-0.1, -0.05) is 54.6 Å². The molecule has 2 aliphatic heterocycles. The van der Waals surface area contributed by atoms with Gasteiger partial charge in [0.2, 0.25) is 0 Å². The van der Waals surface area contributed by atoms with E-state index in [9.17, 15) is 9.90 Å². The van der Waals surface area contributed by atoms with E-state index < -0.39 is 6.10 Å². The van der Waals surface area contributed by atoms with E-state index in [0.717, 1.165) is 25.9 Å². The van der Waals surface area contributed by atoms with Gasteiger partial charge in [0, 0.05) is 38.6 Å². The molecule has 1 fully saturated rings. The molecular weight excluding hydrogens is 352 g/mol. The Morgan fingerprint density at radius 3 is 2.64 bits per heavy atom. The number of carbonyl (C=O) groups is 1. The van der Waals surface area contributed by atoms with Gasteiger partial charge in [-0.3, -0.25) is 4.90 Å². The zero-order chi connectivity index (χ0) is 19.3. The Morgan fingerprint density at radius 1 is 1.07 bits per heavy atom. The van der Waals surface area contributed by atoms with E-state index in [1.165, 1.54) is 16.7 Å². The van der Waals surface area contributed by atoms with Crippen LogP contribution in [0, 0.1) is 0 Å². The minimum atomic E-state index is -0.665. The maximum atomic E-state index is 12.4. The third kappa shape index (κ3) is 4.54. The molecule has 2 aromatic rings. The van der Waals surface area contributed by atoms with Crippen molar-refractivity contribution < 1.29 is 14.6 Å². The predicted octanol–water partition coefficient (Wildman–Crippen LogP) is 3.03. The second-order valence-corrected chi connectivity index (χ2v) is 7.83. The van der Waals surface area contributed by atoms with Gasteiger partial charge in [0.25, 0.3) is 0 Å². The van der Waals surface area contributed by atoms with Gasteiger partial charge in [-0.2, -0.15) is 0 Å². The van der Waals surface area contributed by atoms with Gasteiger partial charge in [0.15, 0.2) is 0 Å². The van der Waals surface area contributed by atoms with Crippen molar-refractivity contribution >= 4 is 6.09 Å². The normalized spacial score (nSPS) is 20.6. The zero-order valence-electron chi connectivity index (χ0n) is 16.2. The van der Waals surface area contributed by atoms with Crippen LogP contribution in [0.5, 0.6) is 0 Å². The number of likely N-dealkylation sites (tertiary alicyclic amines) is 1. The molecule has 1 saturated heterocycles. The first-order chi connectivity index (χ1) is 13.7. The molecule has 0 spiro atoms. The molecule has 5 heteroatoms. The van der Waals surface area contributed by atoms with Gasteiger partial charge in [0.05, 0.1) is 0 Å². The number of β-amino-alcohol motifs (C(OH)–C–C–N with tert-alkyl or cyclic N) is 1. The highest BCUT2D eigenvalue weighted by Crippen LogP contribution is 2.27. The molecule has 0 unspecified atom stereocenters. The van der Waals surface area contributed by atoms with Crippen molar-refractivity contribution in [2.75, 3.05) is 32.8 Å². The van der Waals surface area contributed by atoms with Crippen molar-refractivity contribution in [1.29, 1.82) is 0 Å². The number of amides is 1. The van der Waals surface area contributed by atoms with E-state index in [4.69, 9.17) is 4.74 Å². The molecule has 0 aromatic heterocycles. The number of benzene rings is 2. The second-order valence-electron chi connectivity index (χ2n) is 7.83. The van der Waals surface area contributed by atoms with E-state index in [-0.39, 0.29) is 12.7 Å². The predicted molar refractivity (Wildman–Crippen MR) is 108 cm³/mol. The smallest absolute Gasteiger partial charge is 0.409 e. The maximum absolute atomic E-state index is 12.4. The van der Waals surface area contributed by atoms with Crippen LogP contribution in [0.15, 0.2) is 54.6 Å². The molecule has 2 aromatic carbocycles. The molecule has 0 radical (unpaired) electrons. The SMILES string of the molecule is O=C(OC[C@H](O)CN1CCc2ccccc2C1)N1CC[C@H](c2ccccc2)C1. The van der Waals surface area contributed by atoms with Crippen LogP contribution >= 0.6 is 0 Å². The molecule has 0 aliphatic carbocycles. The number of ether oxygens (including phenoxy) is 1. The Hall–Kier alpha value is -2.37. The Balaban J connectivity index is 1.21. The lowest BCUT2D eigenvalue weighted by Crippen LogP contribution is -2.39. The summed E-state index contributed by atoms with van der Waals surface area (Å²) in [5.41, 5.74) is 3.98. The lowest BCUT2D eigenvalue weighted by atomic mass is 9.99. The molecule has 0 saturated carbocycles. The van der Waals surface area contributed by atoms with Crippen molar-refractivity contribution in [1.82, 2.24) is 9.80 Å². The average Bonchev–Trinajstić information content (AvgIpc) is 3.23. The molecule has 148 valence electrons. The van der Waals surface area contributed by atoms with Crippen LogP contribution < -0.4 is 0 Å². The van der Waals surface area contributed by atoms with E-state index in [2.05, 4.69) is 41.3 Å². The number of hydrogen-bond acceptors (Lipinski definition) is 4. The lowest BCUT2D eigenvalue weighted by Gasteiger charge is -2.30. The molecule has 2 aliphatic rings. The zero-order valence-corrected chi connectivity index (χ0v) is 16.2. The maximum Gasteiger partial charge on any atom is 0.409 e. The van der Waals surface area contributed by atoms with E-state index in [1.54, 1.807) is 4.90 Å². The molecule has 4 rings (SSSR count). The van der Waals surface area contributed by atoms with Crippen molar-refractivity contribution in [3.05, 3.63) is 71.3 Å². The fourth-order valence-electron chi connectivity index (χ4n) is 4.24. The summed E-state index contributed by atoms with van der Waals surface area (Å²) < 4.78 is 5.39. The first-order valence-corrected chi connectivity index (χ1v) is 10.1. The number of hydrogen-bond donors (Lipinski definition) is 1. The van der Waals surface area contributed by atoms with E-state index in [1.807, 2.05) is 18.2 Å². The van der Waals surface area contributed by atoms with Crippen LogP contribution in [0.3, 0.4) is 0 Å². The van der Waals surface area contributed by atoms with Gasteiger partial charge in [0.1, 0.15) is 12.7 Å². The Morgan fingerprint density at radius 2 is 1.82 bits per heavy atom. The van der Waals surface area contributed by atoms with Crippen LogP contribution in [-0.4, -0.2) is 59.9 Å². The number of fused-ring (bicyclic) bond motifs is 1. The third-order valence-corrected chi connectivity index (χ3v) is 5.80. The summed E-state index contributed by atoms with van der Waals surface area (Å²) in [6, 6.07) is 18.7. The van der Waals surface area contributed by atoms with Gasteiger partial charge in [-0.15, -0.1) is 0 Å². The Kier molecular flexibility index (Phi) is 5.93. The highest BCUT2D eigenvalue weighted by atomic mass is 16.6. The van der Waals surface area contributed by atoms with Crippen molar-refractivity contribution in [3.8, 4) is 0 Å². The number of aliphatic hydroxyl groups is 1. The highest BCUT2D eigenvalue weighted by molar-refractivity contribution is 5.68. The lowest BCUT2D eigenvalue weighted by molar-refractivity contribution is 0.0295. The van der Waals surface area contributed by atoms with Crippen LogP contribution in [0.4, 0.5) is 4.79 Å². The molecule has 2 atom stereocenters. The fourth-order valence-corrected chi connectivity index (χ4v) is 4.24. The molecule has 28 heavy (non-hydrogen) atoms. The number of nitrogens with zero attached hydrogens (tertiary/aromatic N) is 2. The van der Waals surface area contributed by atoms with Crippen LogP contribution in [0.1, 0.15) is 29.0 Å². The Bertz CT molecular complexity index is 795. The minimum Gasteiger partial charge on any atom is -0.447 e. The molecule has 2 heterocycles. The van der Waals surface area contributed by atoms with Crippen molar-refractivity contribution in [2.45, 2.75) is 31.4 Å². The second kappa shape index (κ2) is 8.76. The molecule has 0 bridgehead atoms. The summed E-state index contributed by atoms with van der Waals surface area (Å²) in [5.74, 6) is 0.368. The quantitative estimate of drug-likeness (QED) is 0.866. The van der Waals surface area contributed by atoms with Gasteiger partial charge >= 0.3 is 6.09 Å². The Labute approximate surface area is 166 Å². The van der Waals surface area contributed by atoms with Gasteiger partial charge < -0.3 is 14.7 Å². The number of carbonyl (C=O) groups excluding carboxylic acids is 1. The van der Waals surface area contributed by atoms with Crippen molar-refractivity contribution in [2.24, 2.45) is 0 Å². The minimum absolute atomic E-state index is 0.0451. The average molecular weight is 380 g/mol. The van der Waals surface area contributed by atoms with E-state index in [0.29, 0.717) is 25.6 Å². The van der Waals surface area contributed by atoms with Gasteiger partial charge in [-0.25, -0.2) is 4.79 Å². The molecule has 1 N–H and O–H groups in total. The van der Waals surface area contributed by atoms with Crippen LogP contribution in [0.2, 0.25) is 0 Å². The summed E-state index contributed by atoms with van der Waals surface area (Å²) in [5, 5.41) is 10.3. The first kappa shape index (κ1) is 19.0. The summed E-state index contributed by atoms with van der Waals surface area (Å²) in [6.07, 6.45) is 0.967. The van der Waals surface area contributed by atoms with Gasteiger partial charge in [-0.05, 0) is 29.5 Å². The fraction of sp³-hybridized carbons (Fsp3) is 0.435. The highest BCUT2D eigenvalue weighted by Gasteiger charge is 2.28. The molecule has 5 nitrogen and oxygen atoms in total.